The third-order valence-corrected chi connectivity index (χ3v) is 5.06. The van der Waals surface area contributed by atoms with Crippen molar-refractivity contribution in [3.05, 3.63) is 22.3 Å². The number of hydrogen-bond donors (Lipinski definition) is 1. The molecule has 1 aromatic carbocycles. The number of nitrogens with one attached hydrogen (secondary N) is 1. The first-order chi connectivity index (χ1) is 10.3. The van der Waals surface area contributed by atoms with Crippen LogP contribution in [-0.2, 0) is 19.3 Å². The lowest BCUT2D eigenvalue weighted by molar-refractivity contribution is 0.242. The first kappa shape index (κ1) is 13.4. The Labute approximate surface area is 126 Å². The Bertz CT molecular complexity index is 515. The average Bonchev–Trinajstić information content (AvgIpc) is 3.17. The van der Waals surface area contributed by atoms with Gasteiger partial charge in [0, 0.05) is 62.3 Å². The Morgan fingerprint density at radius 2 is 1.71 bits per heavy atom. The van der Waals surface area contributed by atoms with Gasteiger partial charge in [0.1, 0.15) is 11.5 Å². The van der Waals surface area contributed by atoms with Crippen LogP contribution in [0.3, 0.4) is 0 Å². The van der Waals surface area contributed by atoms with Crippen LogP contribution < -0.4 is 14.8 Å². The zero-order chi connectivity index (χ0) is 14.2. The SMILES string of the molecule is Cc1c2c(c(CCN3CCNCC3)c3c1OCC3)OCC2. The van der Waals surface area contributed by atoms with Gasteiger partial charge in [-0.1, -0.05) is 0 Å². The van der Waals surface area contributed by atoms with Crippen LogP contribution in [0.15, 0.2) is 0 Å². The molecule has 0 aliphatic carbocycles. The molecule has 1 fully saturated rings. The summed E-state index contributed by atoms with van der Waals surface area (Å²) in [6.07, 6.45) is 3.18. The first-order valence-electron chi connectivity index (χ1n) is 8.20. The Morgan fingerprint density at radius 3 is 2.52 bits per heavy atom. The fourth-order valence-corrected chi connectivity index (χ4v) is 3.90. The number of rotatable bonds is 3. The molecular weight excluding hydrogens is 264 g/mol. The summed E-state index contributed by atoms with van der Waals surface area (Å²) in [5, 5.41) is 3.42. The first-order valence-corrected chi connectivity index (χ1v) is 8.20. The zero-order valence-corrected chi connectivity index (χ0v) is 12.8. The van der Waals surface area contributed by atoms with E-state index in [9.17, 15) is 0 Å². The Kier molecular flexibility index (Phi) is 3.51. The van der Waals surface area contributed by atoms with E-state index < -0.39 is 0 Å². The highest BCUT2D eigenvalue weighted by atomic mass is 16.5. The second-order valence-corrected chi connectivity index (χ2v) is 6.26. The Morgan fingerprint density at radius 1 is 1.00 bits per heavy atom. The van der Waals surface area contributed by atoms with Crippen LogP contribution in [0.4, 0.5) is 0 Å². The number of piperazine rings is 1. The smallest absolute Gasteiger partial charge is 0.126 e. The van der Waals surface area contributed by atoms with Crippen LogP contribution in [0.1, 0.15) is 22.3 Å². The summed E-state index contributed by atoms with van der Waals surface area (Å²) in [7, 11) is 0. The van der Waals surface area contributed by atoms with Crippen LogP contribution in [0.2, 0.25) is 0 Å². The van der Waals surface area contributed by atoms with Crippen LogP contribution >= 0.6 is 0 Å². The maximum atomic E-state index is 5.99. The number of nitrogens with zero attached hydrogens (tertiary/aromatic N) is 1. The highest BCUT2D eigenvalue weighted by Crippen LogP contribution is 2.44. The third kappa shape index (κ3) is 2.30. The fraction of sp³-hybridized carbons (Fsp3) is 0.647. The molecule has 3 aliphatic rings. The van der Waals surface area contributed by atoms with Crippen LogP contribution in [0.25, 0.3) is 0 Å². The summed E-state index contributed by atoms with van der Waals surface area (Å²) < 4.78 is 11.9. The van der Waals surface area contributed by atoms with E-state index in [0.29, 0.717) is 0 Å². The number of hydrogen-bond acceptors (Lipinski definition) is 4. The predicted molar refractivity (Wildman–Crippen MR) is 82.6 cm³/mol. The number of fused-ring (bicyclic) bond motifs is 2. The van der Waals surface area contributed by atoms with Gasteiger partial charge in [0.05, 0.1) is 13.2 Å². The zero-order valence-electron chi connectivity index (χ0n) is 12.8. The largest absolute Gasteiger partial charge is 0.493 e. The quantitative estimate of drug-likeness (QED) is 0.909. The molecule has 3 heterocycles. The second-order valence-electron chi connectivity index (χ2n) is 6.26. The van der Waals surface area contributed by atoms with Gasteiger partial charge in [-0.25, -0.2) is 0 Å². The normalized spacial score (nSPS) is 20.8. The molecule has 21 heavy (non-hydrogen) atoms. The minimum Gasteiger partial charge on any atom is -0.493 e. The molecule has 4 rings (SSSR count). The van der Waals surface area contributed by atoms with E-state index >= 15 is 0 Å². The van der Waals surface area contributed by atoms with Crippen molar-refractivity contribution in [1.82, 2.24) is 10.2 Å². The molecule has 0 aromatic heterocycles. The van der Waals surface area contributed by atoms with Gasteiger partial charge in [0.15, 0.2) is 0 Å². The van der Waals surface area contributed by atoms with Crippen molar-refractivity contribution in [2.45, 2.75) is 26.2 Å². The number of benzene rings is 1. The highest BCUT2D eigenvalue weighted by molar-refractivity contribution is 5.61. The third-order valence-electron chi connectivity index (χ3n) is 5.06. The molecule has 0 saturated carbocycles. The molecule has 3 aliphatic heterocycles. The highest BCUT2D eigenvalue weighted by Gasteiger charge is 2.29. The molecule has 4 nitrogen and oxygen atoms in total. The Balaban J connectivity index is 1.62. The lowest BCUT2D eigenvalue weighted by atomic mass is 9.93. The predicted octanol–water partition coefficient (Wildman–Crippen LogP) is 1.31. The van der Waals surface area contributed by atoms with E-state index in [1.165, 1.54) is 28.0 Å². The van der Waals surface area contributed by atoms with E-state index in [1.54, 1.807) is 0 Å². The molecule has 1 aromatic rings. The Hall–Kier alpha value is -1.26. The molecule has 1 saturated heterocycles. The van der Waals surface area contributed by atoms with E-state index in [4.69, 9.17) is 9.47 Å². The van der Waals surface area contributed by atoms with Crippen molar-refractivity contribution in [3.8, 4) is 11.5 Å². The molecule has 4 heteroatoms. The van der Waals surface area contributed by atoms with E-state index in [-0.39, 0.29) is 0 Å². The van der Waals surface area contributed by atoms with Crippen molar-refractivity contribution in [3.63, 3.8) is 0 Å². The molecule has 0 radical (unpaired) electrons. The van der Waals surface area contributed by atoms with Gasteiger partial charge >= 0.3 is 0 Å². The van der Waals surface area contributed by atoms with E-state index in [1.807, 2.05) is 0 Å². The van der Waals surface area contributed by atoms with E-state index in [0.717, 1.165) is 70.9 Å². The van der Waals surface area contributed by atoms with Gasteiger partial charge in [-0.2, -0.15) is 0 Å². The van der Waals surface area contributed by atoms with Crippen molar-refractivity contribution >= 4 is 0 Å². The molecule has 0 unspecified atom stereocenters. The summed E-state index contributed by atoms with van der Waals surface area (Å²) in [6.45, 7) is 9.54. The van der Waals surface area contributed by atoms with Crippen LogP contribution in [0.5, 0.6) is 11.5 Å². The summed E-state index contributed by atoms with van der Waals surface area (Å²) >= 11 is 0. The van der Waals surface area contributed by atoms with Crippen molar-refractivity contribution in [2.75, 3.05) is 45.9 Å². The summed E-state index contributed by atoms with van der Waals surface area (Å²) in [4.78, 5) is 2.56. The minimum absolute atomic E-state index is 0.833. The maximum Gasteiger partial charge on any atom is 0.126 e. The number of ether oxygens (including phenoxy) is 2. The lowest BCUT2D eigenvalue weighted by Gasteiger charge is -2.27. The van der Waals surface area contributed by atoms with Crippen molar-refractivity contribution in [2.24, 2.45) is 0 Å². The van der Waals surface area contributed by atoms with Gasteiger partial charge < -0.3 is 19.7 Å². The molecule has 1 N–H and O–H groups in total. The van der Waals surface area contributed by atoms with Gasteiger partial charge in [-0.15, -0.1) is 0 Å². The van der Waals surface area contributed by atoms with Crippen molar-refractivity contribution in [1.29, 1.82) is 0 Å². The van der Waals surface area contributed by atoms with Gasteiger partial charge in [-0.3, -0.25) is 0 Å². The van der Waals surface area contributed by atoms with E-state index in [2.05, 4.69) is 17.1 Å². The topological polar surface area (TPSA) is 33.7 Å². The monoisotopic (exact) mass is 288 g/mol. The van der Waals surface area contributed by atoms with Gasteiger partial charge in [0.25, 0.3) is 0 Å². The molecule has 0 atom stereocenters. The molecule has 0 spiro atoms. The maximum absolute atomic E-state index is 5.99. The molecular formula is C17H24N2O2. The standard InChI is InChI=1S/C17H24N2O2/c1-12-13-3-10-21-17(13)14(15-4-11-20-16(12)15)2-7-19-8-5-18-6-9-19/h18H,2-11H2,1H3. The van der Waals surface area contributed by atoms with Gasteiger partial charge in [-0.05, 0) is 18.9 Å². The van der Waals surface area contributed by atoms with Gasteiger partial charge in [0.2, 0.25) is 0 Å². The summed E-state index contributed by atoms with van der Waals surface area (Å²) in [5.74, 6) is 2.35. The summed E-state index contributed by atoms with van der Waals surface area (Å²) in [6, 6.07) is 0. The lowest BCUT2D eigenvalue weighted by Crippen LogP contribution is -2.44. The van der Waals surface area contributed by atoms with Crippen LogP contribution in [-0.4, -0.2) is 50.8 Å². The molecule has 114 valence electrons. The minimum atomic E-state index is 0.833. The fourth-order valence-electron chi connectivity index (χ4n) is 3.90. The average molecular weight is 288 g/mol. The van der Waals surface area contributed by atoms with Crippen molar-refractivity contribution < 1.29 is 9.47 Å². The summed E-state index contributed by atoms with van der Waals surface area (Å²) in [5.41, 5.74) is 5.56. The molecule has 0 bridgehead atoms. The second kappa shape index (κ2) is 5.50. The molecule has 0 amide bonds. The van der Waals surface area contributed by atoms with Crippen LogP contribution in [0, 0.1) is 6.92 Å².